The number of alkyl halides is 2. The molecule has 2 atom stereocenters. The number of aromatic nitrogens is 6. The van der Waals surface area contributed by atoms with Gasteiger partial charge in [0, 0.05) is 140 Å². The number of nitrogens with zero attached hydrogens (tertiary/aromatic N) is 12. The molecular weight excluding hydrogens is 1100 g/mol. The molecule has 0 aliphatic carbocycles. The SMILES string of the molecule is CS(=O)(=O)Nc1ccn(C(=O)Oc2ccc([N+](=O)[O-])cc2)n1.C[C@H]1CN(C(=O)n2ccc(NS(C)(=O)=O)n2)CCN1Cc1cnc(Cl)c(N2CCC(F)CC2)c1.C[C@H]1CNCCN1Cc1cnc(Cl)c(N2CCC(F)CC2)c1. The van der Waals surface area contributed by atoms with Crippen molar-refractivity contribution in [2.75, 3.05) is 97.2 Å². The number of nitrogens with one attached hydrogen (secondary N) is 3. The fourth-order valence-corrected chi connectivity index (χ4v) is 10.4. The molecule has 24 nitrogen and oxygen atoms in total. The van der Waals surface area contributed by atoms with Crippen molar-refractivity contribution < 1.29 is 44.9 Å². The molecule has 4 saturated heterocycles. The van der Waals surface area contributed by atoms with Crippen LogP contribution in [0.1, 0.15) is 50.7 Å². The summed E-state index contributed by atoms with van der Waals surface area (Å²) in [4.78, 5) is 53.9. The second-order valence-electron chi connectivity index (χ2n) is 19.4. The van der Waals surface area contributed by atoms with Gasteiger partial charge in [0.2, 0.25) is 20.0 Å². The highest BCUT2D eigenvalue weighted by Gasteiger charge is 2.30. The number of sulfonamides is 2. The molecule has 1 aromatic carbocycles. The third kappa shape index (κ3) is 17.3. The topological polar surface area (TPSA) is 269 Å². The lowest BCUT2D eigenvalue weighted by atomic mass is 10.1. The van der Waals surface area contributed by atoms with Crippen LogP contribution in [0.25, 0.3) is 0 Å². The normalized spacial score (nSPS) is 19.0. The molecule has 9 rings (SSSR count). The minimum absolute atomic E-state index is 0.0388. The smallest absolute Gasteiger partial charge is 0.409 e. The number of anilines is 4. The second-order valence-corrected chi connectivity index (χ2v) is 23.6. The summed E-state index contributed by atoms with van der Waals surface area (Å²) in [6, 6.07) is 12.1. The largest absolute Gasteiger partial charge is 0.440 e. The molecule has 4 aromatic heterocycles. The van der Waals surface area contributed by atoms with Crippen LogP contribution in [0.5, 0.6) is 5.75 Å². The first-order valence-corrected chi connectivity index (χ1v) is 29.6. The highest BCUT2D eigenvalue weighted by atomic mass is 35.5. The van der Waals surface area contributed by atoms with Gasteiger partial charge in [0.05, 0.1) is 28.8 Å². The molecule has 0 saturated carbocycles. The molecule has 0 radical (unpaired) electrons. The molecule has 5 aromatic rings. The number of carbonyl (C=O) groups excluding carboxylic acids is 2. The molecule has 3 N–H and O–H groups in total. The summed E-state index contributed by atoms with van der Waals surface area (Å²) in [6.07, 6.45) is 8.08. The van der Waals surface area contributed by atoms with Gasteiger partial charge in [0.25, 0.3) is 5.69 Å². The Morgan fingerprint density at radius 2 is 1.22 bits per heavy atom. The van der Waals surface area contributed by atoms with E-state index in [0.717, 1.165) is 78.1 Å². The zero-order chi connectivity index (χ0) is 56.3. The number of benzene rings is 1. The number of halogens is 4. The Balaban J connectivity index is 0.000000176. The highest BCUT2D eigenvalue weighted by Crippen LogP contribution is 2.31. The van der Waals surface area contributed by atoms with E-state index < -0.39 is 43.4 Å². The number of nitro groups is 1. The van der Waals surface area contributed by atoms with E-state index in [1.165, 1.54) is 54.4 Å². The Labute approximate surface area is 461 Å². The van der Waals surface area contributed by atoms with Gasteiger partial charge >= 0.3 is 12.1 Å². The van der Waals surface area contributed by atoms with Crippen LogP contribution < -0.4 is 29.3 Å². The van der Waals surface area contributed by atoms with Crippen molar-refractivity contribution in [2.45, 2.75) is 77.0 Å². The fourth-order valence-electron chi connectivity index (χ4n) is 9.01. The maximum Gasteiger partial charge on any atom is 0.440 e. The van der Waals surface area contributed by atoms with Gasteiger partial charge in [-0.3, -0.25) is 29.4 Å². The van der Waals surface area contributed by atoms with Crippen LogP contribution in [0.15, 0.2) is 73.3 Å². The summed E-state index contributed by atoms with van der Waals surface area (Å²) in [7, 11) is -6.97. The number of piperazine rings is 2. The van der Waals surface area contributed by atoms with E-state index in [1.807, 2.05) is 12.3 Å². The van der Waals surface area contributed by atoms with Gasteiger partial charge in [-0.25, -0.2) is 45.2 Å². The number of nitro benzene ring substituents is 1. The average molecular weight is 1170 g/mol. The summed E-state index contributed by atoms with van der Waals surface area (Å²) in [5.74, 6) is 0.149. The molecule has 424 valence electrons. The van der Waals surface area contributed by atoms with Gasteiger partial charge in [0.15, 0.2) is 21.9 Å². The van der Waals surface area contributed by atoms with E-state index in [9.17, 15) is 45.3 Å². The van der Waals surface area contributed by atoms with Crippen molar-refractivity contribution in [3.8, 4) is 5.75 Å². The van der Waals surface area contributed by atoms with E-state index in [2.05, 4.69) is 74.4 Å². The van der Waals surface area contributed by atoms with Crippen LogP contribution in [-0.2, 0) is 33.1 Å². The second kappa shape index (κ2) is 26.6. The number of non-ortho nitro benzene ring substituents is 1. The minimum atomic E-state index is -3.50. The first-order valence-electron chi connectivity index (χ1n) is 25.1. The molecule has 30 heteroatoms. The lowest BCUT2D eigenvalue weighted by molar-refractivity contribution is -0.384. The number of carbonyl (C=O) groups is 2. The molecule has 4 fully saturated rings. The summed E-state index contributed by atoms with van der Waals surface area (Å²) in [5, 5.41) is 22.6. The Hall–Kier alpha value is -6.30. The molecule has 0 bridgehead atoms. The first-order chi connectivity index (χ1) is 37.0. The van der Waals surface area contributed by atoms with Crippen molar-refractivity contribution in [2.24, 2.45) is 0 Å². The maximum absolute atomic E-state index is 13.5. The predicted molar refractivity (Wildman–Crippen MR) is 292 cm³/mol. The number of ether oxygens (including phenoxy) is 1. The molecule has 8 heterocycles. The summed E-state index contributed by atoms with van der Waals surface area (Å²) in [5.41, 5.74) is 3.84. The monoisotopic (exact) mass is 1170 g/mol. The Bertz CT molecular complexity index is 3090. The Morgan fingerprint density at radius 3 is 1.69 bits per heavy atom. The van der Waals surface area contributed by atoms with E-state index in [0.29, 0.717) is 81.3 Å². The van der Waals surface area contributed by atoms with E-state index in [1.54, 1.807) is 11.1 Å². The van der Waals surface area contributed by atoms with Crippen molar-refractivity contribution in [3.63, 3.8) is 0 Å². The number of rotatable bonds is 12. The molecular formula is C48H63Cl2F2N15O9S2. The van der Waals surface area contributed by atoms with Gasteiger partial charge < -0.3 is 24.8 Å². The standard InChI is InChI=1S/C21H29ClFN7O3S.C16H24ClFN4.C11H10N4O6S/c1-15-13-29(21(31)30-8-5-19(25-30)26-34(2,32)33)10-9-28(15)14-16-11-18(20(22)24-12-16)27-6-3-17(23)4-7-27;1-12-9-19-4-7-22(12)11-13-8-15(16(17)20-10-13)21-5-2-14(18)3-6-21;1-22(19,20)13-10-6-7-14(12-10)11(16)21-9-4-2-8(3-5-9)15(17)18/h5,8,11-12,15,17H,3-4,6-7,9-10,13-14H2,1-2H3,(H,25,26);8,10,12,14,19H,2-7,9,11H2,1H3;2-7H,1H3,(H,12,13)/t15-;12-;/m00./s1. The minimum Gasteiger partial charge on any atom is -0.409 e. The van der Waals surface area contributed by atoms with Crippen LogP contribution in [0, 0.1) is 10.1 Å². The van der Waals surface area contributed by atoms with Gasteiger partial charge in [-0.15, -0.1) is 10.2 Å². The van der Waals surface area contributed by atoms with E-state index in [4.69, 9.17) is 27.9 Å². The van der Waals surface area contributed by atoms with Gasteiger partial charge in [0.1, 0.15) is 18.1 Å². The molecule has 4 aliphatic rings. The van der Waals surface area contributed by atoms with Crippen molar-refractivity contribution in [1.82, 2.24) is 49.5 Å². The van der Waals surface area contributed by atoms with E-state index >= 15 is 0 Å². The third-order valence-corrected chi connectivity index (χ3v) is 14.9. The summed E-state index contributed by atoms with van der Waals surface area (Å²) < 4.78 is 82.8. The van der Waals surface area contributed by atoms with Crippen LogP contribution in [0.4, 0.5) is 47.1 Å². The van der Waals surface area contributed by atoms with Crippen LogP contribution in [0.2, 0.25) is 10.3 Å². The van der Waals surface area contributed by atoms with Crippen molar-refractivity contribution in [1.29, 1.82) is 0 Å². The number of hydrogen-bond donors (Lipinski definition) is 3. The number of piperidine rings is 2. The molecule has 0 spiro atoms. The van der Waals surface area contributed by atoms with Gasteiger partial charge in [-0.1, -0.05) is 23.2 Å². The Morgan fingerprint density at radius 1 is 0.731 bits per heavy atom. The Kier molecular flexibility index (Phi) is 20.2. The zero-order valence-electron chi connectivity index (χ0n) is 43.4. The fraction of sp³-hybridized carbons (Fsp3) is 0.500. The summed E-state index contributed by atoms with van der Waals surface area (Å²) >= 11 is 12.6. The van der Waals surface area contributed by atoms with Crippen LogP contribution >= 0.6 is 23.2 Å². The van der Waals surface area contributed by atoms with Crippen LogP contribution in [-0.4, -0.2) is 180 Å². The lowest BCUT2D eigenvalue weighted by Gasteiger charge is -2.39. The van der Waals surface area contributed by atoms with E-state index in [-0.39, 0.29) is 35.1 Å². The predicted octanol–water partition coefficient (Wildman–Crippen LogP) is 6.09. The molecule has 1 amide bonds. The zero-order valence-corrected chi connectivity index (χ0v) is 46.6. The van der Waals surface area contributed by atoms with Gasteiger partial charge in [-0.05, 0) is 74.9 Å². The summed E-state index contributed by atoms with van der Waals surface area (Å²) in [6.45, 7) is 13.3. The number of amides is 1. The third-order valence-electron chi connectivity index (χ3n) is 13.1. The highest BCUT2D eigenvalue weighted by molar-refractivity contribution is 7.92. The molecule has 0 unspecified atom stereocenters. The first kappa shape index (κ1) is 59.4. The lowest BCUT2D eigenvalue weighted by Crippen LogP contribution is -2.54. The maximum atomic E-state index is 13.5. The number of pyridine rings is 2. The van der Waals surface area contributed by atoms with Crippen molar-refractivity contribution in [3.05, 3.63) is 105 Å². The molecule has 4 aliphatic heterocycles. The van der Waals surface area contributed by atoms with Gasteiger partial charge in [-0.2, -0.15) is 9.36 Å². The van der Waals surface area contributed by atoms with Crippen molar-refractivity contribution >= 4 is 84.1 Å². The van der Waals surface area contributed by atoms with Crippen LogP contribution in [0.3, 0.4) is 0 Å². The average Bonchev–Trinajstić information content (AvgIpc) is 4.07. The number of hydrogen-bond acceptors (Lipinski definition) is 18. The quantitative estimate of drug-likeness (QED) is 0.0724. The molecule has 78 heavy (non-hydrogen) atoms.